The van der Waals surface area contributed by atoms with Crippen molar-refractivity contribution in [1.82, 2.24) is 0 Å². The first kappa shape index (κ1) is 9.99. The molecule has 2 N–H and O–H groups in total. The number of fused-ring (bicyclic) bond motifs is 1. The lowest BCUT2D eigenvalue weighted by atomic mass is 9.86. The quantitative estimate of drug-likeness (QED) is 0.783. The minimum atomic E-state index is 0.806. The van der Waals surface area contributed by atoms with E-state index < -0.39 is 0 Å². The molecule has 1 heteroatoms. The molecule has 1 aromatic rings. The van der Waals surface area contributed by atoms with E-state index in [0.717, 1.165) is 17.8 Å². The first-order valence-corrected chi connectivity index (χ1v) is 7.24. The second-order valence-corrected chi connectivity index (χ2v) is 6.26. The van der Waals surface area contributed by atoms with Gasteiger partial charge in [-0.1, -0.05) is 12.1 Å². The molecule has 0 amide bonds. The number of aryl methyl sites for hydroxylation is 1. The van der Waals surface area contributed by atoms with Crippen LogP contribution < -0.4 is 5.73 Å². The fourth-order valence-corrected chi connectivity index (χ4v) is 3.81. The van der Waals surface area contributed by atoms with Crippen LogP contribution in [0.25, 0.3) is 0 Å². The molecule has 0 aromatic heterocycles. The van der Waals surface area contributed by atoms with Gasteiger partial charge in [-0.05, 0) is 79.4 Å². The largest absolute Gasteiger partial charge is 0.398 e. The first-order valence-electron chi connectivity index (χ1n) is 7.24. The second-order valence-electron chi connectivity index (χ2n) is 6.26. The van der Waals surface area contributed by atoms with Gasteiger partial charge in [-0.2, -0.15) is 0 Å². The molecule has 17 heavy (non-hydrogen) atoms. The van der Waals surface area contributed by atoms with Gasteiger partial charge in [0.15, 0.2) is 0 Å². The van der Waals surface area contributed by atoms with Crippen LogP contribution in [0.2, 0.25) is 0 Å². The molecule has 0 bridgehead atoms. The van der Waals surface area contributed by atoms with E-state index >= 15 is 0 Å². The third kappa shape index (κ3) is 1.59. The summed E-state index contributed by atoms with van der Waals surface area (Å²) >= 11 is 0. The SMILES string of the molecule is Nc1c(C(C2CC2)C2CC2)ccc2c1CCC2. The fourth-order valence-electron chi connectivity index (χ4n) is 3.81. The van der Waals surface area contributed by atoms with E-state index in [-0.39, 0.29) is 0 Å². The number of anilines is 1. The second kappa shape index (κ2) is 3.51. The van der Waals surface area contributed by atoms with Gasteiger partial charge in [0.25, 0.3) is 0 Å². The molecule has 0 aliphatic heterocycles. The summed E-state index contributed by atoms with van der Waals surface area (Å²) in [4.78, 5) is 0. The molecular formula is C16H21N. The Kier molecular flexibility index (Phi) is 2.06. The van der Waals surface area contributed by atoms with Crippen LogP contribution >= 0.6 is 0 Å². The molecule has 2 saturated carbocycles. The lowest BCUT2D eigenvalue weighted by molar-refractivity contribution is 0.539. The molecule has 1 aromatic carbocycles. The van der Waals surface area contributed by atoms with Gasteiger partial charge < -0.3 is 5.73 Å². The maximum Gasteiger partial charge on any atom is 0.0384 e. The molecular weight excluding hydrogens is 206 g/mol. The summed E-state index contributed by atoms with van der Waals surface area (Å²) in [5.74, 6) is 2.73. The molecule has 4 rings (SSSR count). The number of rotatable bonds is 3. The van der Waals surface area contributed by atoms with Crippen molar-refractivity contribution in [3.63, 3.8) is 0 Å². The van der Waals surface area contributed by atoms with Crippen molar-refractivity contribution in [2.45, 2.75) is 50.9 Å². The zero-order chi connectivity index (χ0) is 11.4. The summed E-state index contributed by atoms with van der Waals surface area (Å²) in [6.45, 7) is 0. The highest BCUT2D eigenvalue weighted by Crippen LogP contribution is 2.56. The van der Waals surface area contributed by atoms with Crippen LogP contribution in [0.1, 0.15) is 54.7 Å². The van der Waals surface area contributed by atoms with Crippen molar-refractivity contribution in [2.24, 2.45) is 11.8 Å². The predicted octanol–water partition coefficient (Wildman–Crippen LogP) is 3.66. The van der Waals surface area contributed by atoms with Crippen molar-refractivity contribution in [3.05, 3.63) is 28.8 Å². The van der Waals surface area contributed by atoms with Crippen LogP contribution in [0.3, 0.4) is 0 Å². The highest BCUT2D eigenvalue weighted by atomic mass is 14.6. The average Bonchev–Trinajstić information content (AvgIpc) is 3.24. The van der Waals surface area contributed by atoms with E-state index in [9.17, 15) is 0 Å². The van der Waals surface area contributed by atoms with Crippen LogP contribution in [0.15, 0.2) is 12.1 Å². The Balaban J connectivity index is 1.76. The van der Waals surface area contributed by atoms with E-state index in [2.05, 4.69) is 12.1 Å². The van der Waals surface area contributed by atoms with Gasteiger partial charge in [0, 0.05) is 5.69 Å². The van der Waals surface area contributed by atoms with Gasteiger partial charge in [-0.3, -0.25) is 0 Å². The molecule has 0 heterocycles. The molecule has 0 spiro atoms. The van der Waals surface area contributed by atoms with Crippen molar-refractivity contribution in [1.29, 1.82) is 0 Å². The molecule has 0 radical (unpaired) electrons. The minimum Gasteiger partial charge on any atom is -0.398 e. The summed E-state index contributed by atoms with van der Waals surface area (Å²) < 4.78 is 0. The van der Waals surface area contributed by atoms with Crippen LogP contribution in [0.4, 0.5) is 5.69 Å². The molecule has 1 nitrogen and oxygen atoms in total. The van der Waals surface area contributed by atoms with Crippen LogP contribution in [0, 0.1) is 11.8 Å². The summed E-state index contributed by atoms with van der Waals surface area (Å²) in [5, 5.41) is 0. The number of hydrogen-bond donors (Lipinski definition) is 1. The van der Waals surface area contributed by atoms with Gasteiger partial charge in [0.05, 0.1) is 0 Å². The first-order chi connectivity index (χ1) is 8.34. The van der Waals surface area contributed by atoms with Crippen LogP contribution in [-0.2, 0) is 12.8 Å². The summed E-state index contributed by atoms with van der Waals surface area (Å²) in [7, 11) is 0. The average molecular weight is 227 g/mol. The Labute approximate surface area is 103 Å². The Bertz CT molecular complexity index is 443. The lowest BCUT2D eigenvalue weighted by Crippen LogP contribution is -2.09. The molecule has 0 atom stereocenters. The zero-order valence-corrected chi connectivity index (χ0v) is 10.4. The van der Waals surface area contributed by atoms with Crippen LogP contribution in [0.5, 0.6) is 0 Å². The molecule has 0 saturated heterocycles. The van der Waals surface area contributed by atoms with E-state index in [1.54, 1.807) is 0 Å². The fraction of sp³-hybridized carbons (Fsp3) is 0.625. The normalized spacial score (nSPS) is 23.1. The van der Waals surface area contributed by atoms with Crippen molar-refractivity contribution < 1.29 is 0 Å². The van der Waals surface area contributed by atoms with Gasteiger partial charge in [-0.15, -0.1) is 0 Å². The molecule has 3 aliphatic rings. The molecule has 2 fully saturated rings. The summed E-state index contributed by atoms with van der Waals surface area (Å²) in [6, 6.07) is 4.73. The third-order valence-corrected chi connectivity index (χ3v) is 4.98. The van der Waals surface area contributed by atoms with E-state index in [1.807, 2.05) is 0 Å². The van der Waals surface area contributed by atoms with E-state index in [0.29, 0.717) is 0 Å². The summed E-state index contributed by atoms with van der Waals surface area (Å²) in [6.07, 6.45) is 9.54. The van der Waals surface area contributed by atoms with Crippen molar-refractivity contribution >= 4 is 5.69 Å². The summed E-state index contributed by atoms with van der Waals surface area (Å²) in [5.41, 5.74) is 12.2. The Morgan fingerprint density at radius 2 is 1.71 bits per heavy atom. The Hall–Kier alpha value is -0.980. The third-order valence-electron chi connectivity index (χ3n) is 4.98. The predicted molar refractivity (Wildman–Crippen MR) is 71.1 cm³/mol. The highest BCUT2D eigenvalue weighted by molar-refractivity contribution is 5.60. The van der Waals surface area contributed by atoms with Crippen molar-refractivity contribution in [2.75, 3.05) is 5.73 Å². The smallest absolute Gasteiger partial charge is 0.0384 e. The molecule has 3 aliphatic carbocycles. The maximum atomic E-state index is 6.47. The zero-order valence-electron chi connectivity index (χ0n) is 10.4. The van der Waals surface area contributed by atoms with Gasteiger partial charge >= 0.3 is 0 Å². The van der Waals surface area contributed by atoms with E-state index in [1.165, 1.54) is 67.3 Å². The maximum absolute atomic E-state index is 6.47. The number of nitrogen functional groups attached to an aromatic ring is 1. The molecule has 0 unspecified atom stereocenters. The minimum absolute atomic E-state index is 0.806. The van der Waals surface area contributed by atoms with Gasteiger partial charge in [0.1, 0.15) is 0 Å². The number of benzene rings is 1. The Morgan fingerprint density at radius 1 is 1.00 bits per heavy atom. The number of nitrogens with two attached hydrogens (primary N) is 1. The number of hydrogen-bond acceptors (Lipinski definition) is 1. The monoisotopic (exact) mass is 227 g/mol. The van der Waals surface area contributed by atoms with Gasteiger partial charge in [0.2, 0.25) is 0 Å². The Morgan fingerprint density at radius 3 is 2.35 bits per heavy atom. The van der Waals surface area contributed by atoms with E-state index in [4.69, 9.17) is 5.73 Å². The topological polar surface area (TPSA) is 26.0 Å². The highest BCUT2D eigenvalue weighted by Gasteiger charge is 2.43. The van der Waals surface area contributed by atoms with Gasteiger partial charge in [-0.25, -0.2) is 0 Å². The molecule has 90 valence electrons. The van der Waals surface area contributed by atoms with Crippen LogP contribution in [-0.4, -0.2) is 0 Å². The van der Waals surface area contributed by atoms with Crippen molar-refractivity contribution in [3.8, 4) is 0 Å². The lowest BCUT2D eigenvalue weighted by Gasteiger charge is -2.20. The standard InChI is InChI=1S/C16H21N/c17-16-13-3-1-2-10(13)8-9-14(16)15(11-4-5-11)12-6-7-12/h8-9,11-12,15H,1-7,17H2.